The number of aliphatic carboxylic acids is 1. The molecule has 1 fully saturated rings. The number of amidine groups is 1. The summed E-state index contributed by atoms with van der Waals surface area (Å²) in [7, 11) is 0. The number of hydrogen-bond donors (Lipinski definition) is 2. The number of carbonyl (C=O) groups is 2. The minimum Gasteiger partial charge on any atom is -0.490 e. The Morgan fingerprint density at radius 2 is 2.03 bits per heavy atom. The van der Waals surface area contributed by atoms with E-state index in [1.807, 2.05) is 31.2 Å². The summed E-state index contributed by atoms with van der Waals surface area (Å²) in [5, 5.41) is 12.0. The summed E-state index contributed by atoms with van der Waals surface area (Å²) in [5.74, 6) is -0.216. The van der Waals surface area contributed by atoms with Gasteiger partial charge in [-0.1, -0.05) is 18.2 Å². The molecule has 3 rings (SSSR count). The maximum Gasteiger partial charge on any atom is 0.306 e. The molecule has 2 N–H and O–H groups in total. The highest BCUT2D eigenvalue weighted by atomic mass is 79.9. The molecular weight excluding hydrogens is 472 g/mol. The molecule has 0 aliphatic carbocycles. The van der Waals surface area contributed by atoms with Gasteiger partial charge in [-0.2, -0.15) is 0 Å². The molecule has 2 aromatic rings. The third-order valence-corrected chi connectivity index (χ3v) is 5.44. The van der Waals surface area contributed by atoms with Crippen molar-refractivity contribution in [2.45, 2.75) is 13.3 Å². The largest absolute Gasteiger partial charge is 0.490 e. The smallest absolute Gasteiger partial charge is 0.306 e. The van der Waals surface area contributed by atoms with Crippen LogP contribution >= 0.6 is 27.7 Å². The van der Waals surface area contributed by atoms with Gasteiger partial charge in [-0.05, 0) is 70.5 Å². The van der Waals surface area contributed by atoms with Crippen LogP contribution in [0.5, 0.6) is 11.5 Å². The Kier molecular flexibility index (Phi) is 7.53. The molecule has 0 aromatic heterocycles. The Bertz CT molecular complexity index is 1020. The second kappa shape index (κ2) is 10.3. The molecule has 1 aliphatic heterocycles. The lowest BCUT2D eigenvalue weighted by atomic mass is 10.2. The normalized spacial score (nSPS) is 16.0. The molecule has 1 amide bonds. The van der Waals surface area contributed by atoms with E-state index in [0.29, 0.717) is 28.2 Å². The summed E-state index contributed by atoms with van der Waals surface area (Å²) in [4.78, 5) is 28.0. The summed E-state index contributed by atoms with van der Waals surface area (Å²) in [6, 6.07) is 12.7. The summed E-state index contributed by atoms with van der Waals surface area (Å²) in [6.45, 7) is 2.31. The molecule has 30 heavy (non-hydrogen) atoms. The van der Waals surface area contributed by atoms with Crippen molar-refractivity contribution in [1.29, 1.82) is 0 Å². The number of amides is 1. The molecule has 0 unspecified atom stereocenters. The van der Waals surface area contributed by atoms with Crippen molar-refractivity contribution in [3.05, 3.63) is 57.4 Å². The number of nitrogens with one attached hydrogen (secondary N) is 1. The Hall–Kier alpha value is -2.78. The number of thioether (sulfide) groups is 1. The van der Waals surface area contributed by atoms with Crippen molar-refractivity contribution < 1.29 is 24.2 Å². The fourth-order valence-corrected chi connectivity index (χ4v) is 3.74. The first-order chi connectivity index (χ1) is 14.5. The van der Waals surface area contributed by atoms with Crippen LogP contribution in [0.1, 0.15) is 18.9 Å². The summed E-state index contributed by atoms with van der Waals surface area (Å²) in [6.07, 6.45) is 1.64. The number of ether oxygens (including phenoxy) is 2. The van der Waals surface area contributed by atoms with Gasteiger partial charge in [0, 0.05) is 4.47 Å². The van der Waals surface area contributed by atoms with E-state index in [1.165, 1.54) is 11.8 Å². The van der Waals surface area contributed by atoms with Crippen LogP contribution in [-0.2, 0) is 9.59 Å². The summed E-state index contributed by atoms with van der Waals surface area (Å²) in [5.41, 5.74) is 1.48. The molecule has 1 saturated heterocycles. The molecule has 9 heteroatoms. The van der Waals surface area contributed by atoms with E-state index in [4.69, 9.17) is 14.6 Å². The first-order valence-corrected chi connectivity index (χ1v) is 10.7. The van der Waals surface area contributed by atoms with Crippen LogP contribution < -0.4 is 14.8 Å². The SMILES string of the molecule is CCOc1cc(/C=C2/SC(=Nc3ccccc3Br)NC2=O)ccc1OCCC(=O)O. The number of hydrogen-bond acceptors (Lipinski definition) is 6. The van der Waals surface area contributed by atoms with E-state index < -0.39 is 5.97 Å². The van der Waals surface area contributed by atoms with Crippen LogP contribution in [0.15, 0.2) is 56.8 Å². The lowest BCUT2D eigenvalue weighted by molar-refractivity contribution is -0.137. The van der Waals surface area contributed by atoms with Crippen molar-refractivity contribution >= 4 is 56.5 Å². The molecule has 0 atom stereocenters. The maximum absolute atomic E-state index is 12.3. The number of rotatable bonds is 8. The first-order valence-electron chi connectivity index (χ1n) is 9.12. The van der Waals surface area contributed by atoms with Crippen LogP contribution in [0.25, 0.3) is 6.08 Å². The van der Waals surface area contributed by atoms with E-state index in [2.05, 4.69) is 26.2 Å². The van der Waals surface area contributed by atoms with Crippen LogP contribution in [0.4, 0.5) is 5.69 Å². The fourth-order valence-electron chi connectivity index (χ4n) is 2.53. The number of nitrogens with zero attached hydrogens (tertiary/aromatic N) is 1. The highest BCUT2D eigenvalue weighted by Gasteiger charge is 2.24. The van der Waals surface area contributed by atoms with Crippen molar-refractivity contribution in [3.8, 4) is 11.5 Å². The minimum absolute atomic E-state index is 0.0446. The van der Waals surface area contributed by atoms with Gasteiger partial charge in [-0.25, -0.2) is 4.99 Å². The molecule has 1 heterocycles. The molecule has 0 saturated carbocycles. The third-order valence-electron chi connectivity index (χ3n) is 3.86. The van der Waals surface area contributed by atoms with Gasteiger partial charge < -0.3 is 19.9 Å². The number of benzene rings is 2. The highest BCUT2D eigenvalue weighted by Crippen LogP contribution is 2.33. The van der Waals surface area contributed by atoms with Crippen LogP contribution in [0.2, 0.25) is 0 Å². The predicted octanol–water partition coefficient (Wildman–Crippen LogP) is 4.59. The van der Waals surface area contributed by atoms with Crippen molar-refractivity contribution in [1.82, 2.24) is 5.32 Å². The molecule has 7 nitrogen and oxygen atoms in total. The zero-order chi connectivity index (χ0) is 21.5. The number of carbonyl (C=O) groups excluding carboxylic acids is 1. The monoisotopic (exact) mass is 490 g/mol. The molecular formula is C21H19BrN2O5S. The molecule has 0 bridgehead atoms. The summed E-state index contributed by atoms with van der Waals surface area (Å²) >= 11 is 4.69. The number of carboxylic acids is 1. The van der Waals surface area contributed by atoms with Gasteiger partial charge in [0.2, 0.25) is 0 Å². The maximum atomic E-state index is 12.3. The number of aliphatic imine (C=N–C) groups is 1. The number of para-hydroxylation sites is 1. The van der Waals surface area contributed by atoms with E-state index in [9.17, 15) is 9.59 Å². The van der Waals surface area contributed by atoms with Gasteiger partial charge in [0.15, 0.2) is 16.7 Å². The Labute approximate surface area is 186 Å². The number of carboxylic acid groups (broad SMARTS) is 1. The van der Waals surface area contributed by atoms with Gasteiger partial charge in [0.25, 0.3) is 5.91 Å². The van der Waals surface area contributed by atoms with Crippen molar-refractivity contribution in [2.24, 2.45) is 4.99 Å². The van der Waals surface area contributed by atoms with Gasteiger partial charge >= 0.3 is 5.97 Å². The van der Waals surface area contributed by atoms with Gasteiger partial charge in [-0.15, -0.1) is 0 Å². The predicted molar refractivity (Wildman–Crippen MR) is 120 cm³/mol. The Morgan fingerprint density at radius 3 is 2.77 bits per heavy atom. The van der Waals surface area contributed by atoms with Gasteiger partial charge in [-0.3, -0.25) is 9.59 Å². The topological polar surface area (TPSA) is 97.2 Å². The number of halogens is 1. The van der Waals surface area contributed by atoms with E-state index in [-0.39, 0.29) is 18.9 Å². The lowest BCUT2D eigenvalue weighted by Gasteiger charge is -2.12. The van der Waals surface area contributed by atoms with Gasteiger partial charge in [0.05, 0.1) is 30.2 Å². The van der Waals surface area contributed by atoms with Crippen LogP contribution in [0.3, 0.4) is 0 Å². The summed E-state index contributed by atoms with van der Waals surface area (Å²) < 4.78 is 11.9. The van der Waals surface area contributed by atoms with E-state index >= 15 is 0 Å². The fraction of sp³-hybridized carbons (Fsp3) is 0.190. The average molecular weight is 491 g/mol. The van der Waals surface area contributed by atoms with Crippen LogP contribution in [0, 0.1) is 0 Å². The molecule has 1 aliphatic rings. The quantitative estimate of drug-likeness (QED) is 0.525. The van der Waals surface area contributed by atoms with Gasteiger partial charge in [0.1, 0.15) is 0 Å². The highest BCUT2D eigenvalue weighted by molar-refractivity contribution is 9.10. The molecule has 156 valence electrons. The standard InChI is InChI=1S/C21H19BrN2O5S/c1-2-28-17-11-13(7-8-16(17)29-10-9-19(25)26)12-18-20(27)24-21(30-18)23-15-6-4-3-5-14(15)22/h3-8,11-12H,2,9-10H2,1H3,(H,25,26)(H,23,24,27)/b18-12+. The molecule has 2 aromatic carbocycles. The third kappa shape index (κ3) is 5.87. The van der Waals surface area contributed by atoms with Crippen molar-refractivity contribution in [2.75, 3.05) is 13.2 Å². The second-order valence-corrected chi connectivity index (χ2v) is 7.95. The van der Waals surface area contributed by atoms with Crippen molar-refractivity contribution in [3.63, 3.8) is 0 Å². The molecule has 0 radical (unpaired) electrons. The first kappa shape index (κ1) is 21.9. The Balaban J connectivity index is 1.78. The second-order valence-electron chi connectivity index (χ2n) is 6.06. The minimum atomic E-state index is -0.932. The Morgan fingerprint density at radius 1 is 1.23 bits per heavy atom. The van der Waals surface area contributed by atoms with Crippen LogP contribution in [-0.4, -0.2) is 35.4 Å². The van der Waals surface area contributed by atoms with E-state index in [0.717, 1.165) is 15.7 Å². The molecule has 0 spiro atoms. The average Bonchev–Trinajstić information content (AvgIpc) is 3.04. The zero-order valence-electron chi connectivity index (χ0n) is 16.1. The van der Waals surface area contributed by atoms with E-state index in [1.54, 1.807) is 24.3 Å². The lowest BCUT2D eigenvalue weighted by Crippen LogP contribution is -2.19. The zero-order valence-corrected chi connectivity index (χ0v) is 18.5.